The highest BCUT2D eigenvalue weighted by atomic mass is 32.1. The number of nitrogens with one attached hydrogen (secondary N) is 1. The molecule has 24 heavy (non-hydrogen) atoms. The van der Waals surface area contributed by atoms with Crippen molar-refractivity contribution in [2.75, 3.05) is 19.5 Å². The van der Waals surface area contributed by atoms with Crippen molar-refractivity contribution in [3.05, 3.63) is 54.1 Å². The quantitative estimate of drug-likeness (QED) is 0.714. The molecule has 0 aliphatic carbocycles. The Morgan fingerprint density at radius 1 is 1.08 bits per heavy atom. The summed E-state index contributed by atoms with van der Waals surface area (Å²) in [6.45, 7) is 0. The Balaban J connectivity index is 1.76. The zero-order chi connectivity index (χ0) is 16.9. The van der Waals surface area contributed by atoms with Gasteiger partial charge in [-0.2, -0.15) is 0 Å². The monoisotopic (exact) mass is 340 g/mol. The van der Waals surface area contributed by atoms with Crippen molar-refractivity contribution in [2.45, 2.75) is 0 Å². The standard InChI is InChI=1S/C18H16N2O3S/c1-22-13-7-4-3-6-12(13)10-11-16(21)19-18-20-17-14(23-2)8-5-9-15(17)24-18/h3-11H,1-2H3,(H,19,20,21)/b11-10+. The summed E-state index contributed by atoms with van der Waals surface area (Å²) in [4.78, 5) is 16.5. The number of hydrogen-bond donors (Lipinski definition) is 1. The van der Waals surface area contributed by atoms with Gasteiger partial charge in [0.2, 0.25) is 5.91 Å². The number of aromatic nitrogens is 1. The maximum absolute atomic E-state index is 12.1. The van der Waals surface area contributed by atoms with Crippen molar-refractivity contribution in [1.29, 1.82) is 0 Å². The number of carbonyl (C=O) groups excluding carboxylic acids is 1. The highest BCUT2D eigenvalue weighted by molar-refractivity contribution is 7.22. The molecule has 3 aromatic rings. The van der Waals surface area contributed by atoms with Gasteiger partial charge in [-0.05, 0) is 24.3 Å². The average Bonchev–Trinajstić information content (AvgIpc) is 3.02. The number of carbonyl (C=O) groups is 1. The molecule has 5 nitrogen and oxygen atoms in total. The van der Waals surface area contributed by atoms with Crippen molar-refractivity contribution in [3.63, 3.8) is 0 Å². The lowest BCUT2D eigenvalue weighted by molar-refractivity contribution is -0.111. The maximum atomic E-state index is 12.1. The molecule has 2 aromatic carbocycles. The Morgan fingerprint density at radius 2 is 1.83 bits per heavy atom. The highest BCUT2D eigenvalue weighted by Crippen LogP contribution is 2.32. The number of para-hydroxylation sites is 2. The molecule has 1 N–H and O–H groups in total. The van der Waals surface area contributed by atoms with Crippen LogP contribution < -0.4 is 14.8 Å². The van der Waals surface area contributed by atoms with Crippen molar-refractivity contribution < 1.29 is 14.3 Å². The van der Waals surface area contributed by atoms with Gasteiger partial charge in [-0.15, -0.1) is 0 Å². The van der Waals surface area contributed by atoms with Gasteiger partial charge < -0.3 is 9.47 Å². The lowest BCUT2D eigenvalue weighted by atomic mass is 10.2. The van der Waals surface area contributed by atoms with E-state index in [0.29, 0.717) is 16.6 Å². The average molecular weight is 340 g/mol. The summed E-state index contributed by atoms with van der Waals surface area (Å²) < 4.78 is 11.5. The lowest BCUT2D eigenvalue weighted by Gasteiger charge is -2.03. The van der Waals surface area contributed by atoms with Crippen LogP contribution in [0.1, 0.15) is 5.56 Å². The Morgan fingerprint density at radius 3 is 2.62 bits per heavy atom. The Kier molecular flexibility index (Phi) is 4.77. The third-order valence-corrected chi connectivity index (χ3v) is 4.32. The van der Waals surface area contributed by atoms with Crippen LogP contribution in [0.3, 0.4) is 0 Å². The van der Waals surface area contributed by atoms with Crippen LogP contribution in [0.15, 0.2) is 48.5 Å². The first-order chi connectivity index (χ1) is 11.7. The molecule has 0 aliphatic heterocycles. The second kappa shape index (κ2) is 7.14. The third kappa shape index (κ3) is 3.38. The number of nitrogens with zero attached hydrogens (tertiary/aromatic N) is 1. The van der Waals surface area contributed by atoms with E-state index in [1.165, 1.54) is 17.4 Å². The van der Waals surface area contributed by atoms with Crippen LogP contribution in [-0.4, -0.2) is 25.1 Å². The molecule has 1 aromatic heterocycles. The number of hydrogen-bond acceptors (Lipinski definition) is 5. The SMILES string of the molecule is COc1ccccc1/C=C/C(=O)Nc1nc2c(OC)cccc2s1. The number of fused-ring (bicyclic) bond motifs is 1. The summed E-state index contributed by atoms with van der Waals surface area (Å²) >= 11 is 1.40. The summed E-state index contributed by atoms with van der Waals surface area (Å²) in [6.07, 6.45) is 3.17. The third-order valence-electron chi connectivity index (χ3n) is 3.39. The zero-order valence-electron chi connectivity index (χ0n) is 13.3. The predicted octanol–water partition coefficient (Wildman–Crippen LogP) is 3.97. The van der Waals surface area contributed by atoms with E-state index in [-0.39, 0.29) is 5.91 Å². The van der Waals surface area contributed by atoms with E-state index in [2.05, 4.69) is 10.3 Å². The van der Waals surface area contributed by atoms with Crippen molar-refractivity contribution in [1.82, 2.24) is 4.98 Å². The number of anilines is 1. The Hall–Kier alpha value is -2.86. The molecule has 0 saturated heterocycles. The van der Waals surface area contributed by atoms with Gasteiger partial charge in [0, 0.05) is 11.6 Å². The molecule has 3 rings (SSSR count). The minimum Gasteiger partial charge on any atom is -0.496 e. The molecule has 0 bridgehead atoms. The molecule has 1 heterocycles. The summed E-state index contributed by atoms with van der Waals surface area (Å²) in [5, 5.41) is 3.31. The molecular weight excluding hydrogens is 324 g/mol. The van der Waals surface area contributed by atoms with Crippen molar-refractivity contribution >= 4 is 38.7 Å². The second-order valence-electron chi connectivity index (χ2n) is 4.89. The molecule has 0 spiro atoms. The normalized spacial score (nSPS) is 10.9. The number of benzene rings is 2. The first kappa shape index (κ1) is 16.0. The molecule has 0 atom stereocenters. The van der Waals surface area contributed by atoms with E-state index in [0.717, 1.165) is 15.8 Å². The largest absolute Gasteiger partial charge is 0.496 e. The maximum Gasteiger partial charge on any atom is 0.250 e. The van der Waals surface area contributed by atoms with Gasteiger partial charge in [0.15, 0.2) is 5.13 Å². The molecule has 0 unspecified atom stereocenters. The van der Waals surface area contributed by atoms with Gasteiger partial charge in [0.25, 0.3) is 0 Å². The number of amides is 1. The van der Waals surface area contributed by atoms with Crippen LogP contribution in [0, 0.1) is 0 Å². The van der Waals surface area contributed by atoms with E-state index in [4.69, 9.17) is 9.47 Å². The molecule has 0 fully saturated rings. The number of rotatable bonds is 5. The summed E-state index contributed by atoms with van der Waals surface area (Å²) in [7, 11) is 3.20. The predicted molar refractivity (Wildman–Crippen MR) is 96.8 cm³/mol. The minimum absolute atomic E-state index is 0.251. The topological polar surface area (TPSA) is 60.5 Å². The fourth-order valence-electron chi connectivity index (χ4n) is 2.26. The summed E-state index contributed by atoms with van der Waals surface area (Å²) in [5.74, 6) is 1.15. The van der Waals surface area contributed by atoms with E-state index < -0.39 is 0 Å². The summed E-state index contributed by atoms with van der Waals surface area (Å²) in [6, 6.07) is 13.2. The van der Waals surface area contributed by atoms with Crippen LogP contribution in [0.25, 0.3) is 16.3 Å². The number of ether oxygens (including phenoxy) is 2. The van der Waals surface area contributed by atoms with Gasteiger partial charge in [0.05, 0.1) is 18.9 Å². The molecule has 0 radical (unpaired) electrons. The van der Waals surface area contributed by atoms with Gasteiger partial charge in [-0.1, -0.05) is 35.6 Å². The Bertz CT molecular complexity index is 902. The number of methoxy groups -OCH3 is 2. The van der Waals surface area contributed by atoms with Crippen LogP contribution in [-0.2, 0) is 4.79 Å². The van der Waals surface area contributed by atoms with Crippen molar-refractivity contribution in [2.24, 2.45) is 0 Å². The fraction of sp³-hybridized carbons (Fsp3) is 0.111. The van der Waals surface area contributed by atoms with Crippen LogP contribution in [0.4, 0.5) is 5.13 Å². The van der Waals surface area contributed by atoms with Crippen LogP contribution in [0.2, 0.25) is 0 Å². The van der Waals surface area contributed by atoms with E-state index in [9.17, 15) is 4.79 Å². The molecule has 122 valence electrons. The van der Waals surface area contributed by atoms with Crippen LogP contribution in [0.5, 0.6) is 11.5 Å². The first-order valence-corrected chi connectivity index (χ1v) is 8.08. The first-order valence-electron chi connectivity index (χ1n) is 7.27. The summed E-state index contributed by atoms with van der Waals surface area (Å²) in [5.41, 5.74) is 1.58. The highest BCUT2D eigenvalue weighted by Gasteiger charge is 2.09. The van der Waals surface area contributed by atoms with Gasteiger partial charge in [-0.25, -0.2) is 4.98 Å². The molecule has 0 saturated carbocycles. The lowest BCUT2D eigenvalue weighted by Crippen LogP contribution is -2.07. The second-order valence-corrected chi connectivity index (χ2v) is 5.92. The minimum atomic E-state index is -0.251. The number of thiazole rings is 1. The van der Waals surface area contributed by atoms with Crippen LogP contribution >= 0.6 is 11.3 Å². The van der Waals surface area contributed by atoms with E-state index in [1.807, 2.05) is 42.5 Å². The molecule has 6 heteroatoms. The van der Waals surface area contributed by atoms with Crippen molar-refractivity contribution in [3.8, 4) is 11.5 Å². The molecule has 1 amide bonds. The zero-order valence-corrected chi connectivity index (χ0v) is 14.1. The van der Waals surface area contributed by atoms with Gasteiger partial charge in [0.1, 0.15) is 17.0 Å². The fourth-order valence-corrected chi connectivity index (χ4v) is 3.14. The molecular formula is C18H16N2O3S. The molecule has 0 aliphatic rings. The smallest absolute Gasteiger partial charge is 0.250 e. The van der Waals surface area contributed by atoms with E-state index in [1.54, 1.807) is 20.3 Å². The van der Waals surface area contributed by atoms with Gasteiger partial charge >= 0.3 is 0 Å². The van der Waals surface area contributed by atoms with E-state index >= 15 is 0 Å². The van der Waals surface area contributed by atoms with Gasteiger partial charge in [-0.3, -0.25) is 10.1 Å². The Labute approximate surface area is 143 Å².